The van der Waals surface area contributed by atoms with Gasteiger partial charge < -0.3 is 20.1 Å². The Morgan fingerprint density at radius 1 is 1.50 bits per heavy atom. The number of likely N-dealkylation sites (tertiary alicyclic amines) is 1. The van der Waals surface area contributed by atoms with E-state index in [1.54, 1.807) is 6.07 Å². The molecule has 6 nitrogen and oxygen atoms in total. The molecule has 0 unspecified atom stereocenters. The van der Waals surface area contributed by atoms with Gasteiger partial charge >= 0.3 is 6.09 Å². The first-order valence-electron chi connectivity index (χ1n) is 7.06. The number of carboxylic acid groups (broad SMARTS) is 1. The van der Waals surface area contributed by atoms with Gasteiger partial charge in [-0.15, -0.1) is 0 Å². The molecule has 1 aliphatic heterocycles. The van der Waals surface area contributed by atoms with Crippen LogP contribution in [-0.2, 0) is 4.79 Å². The summed E-state index contributed by atoms with van der Waals surface area (Å²) in [5, 5.41) is 12.2. The number of benzene rings is 1. The van der Waals surface area contributed by atoms with Gasteiger partial charge in [-0.3, -0.25) is 4.79 Å². The van der Waals surface area contributed by atoms with E-state index in [2.05, 4.69) is 5.32 Å². The molecule has 2 N–H and O–H groups in total. The van der Waals surface area contributed by atoms with Crippen LogP contribution in [-0.4, -0.2) is 41.7 Å². The molecule has 0 bridgehead atoms. The number of carbonyl (C=O) groups is 2. The first kappa shape index (κ1) is 16.4. The zero-order chi connectivity index (χ0) is 16.4. The van der Waals surface area contributed by atoms with Gasteiger partial charge in [-0.2, -0.15) is 0 Å². The smallest absolute Gasteiger partial charge is 0.407 e. The molecule has 1 aromatic carbocycles. The number of nitrogens with one attached hydrogen (secondary N) is 1. The zero-order valence-electron chi connectivity index (χ0n) is 12.8. The lowest BCUT2D eigenvalue weighted by molar-refractivity contribution is -0.114. The summed E-state index contributed by atoms with van der Waals surface area (Å²) in [6.45, 7) is 6.39. The SMILES string of the molecule is CCOc1c(NC(C)=O)cc(Cl)c(C)c1C1CN(C(=O)O)C1. The maximum atomic E-state index is 11.4. The average Bonchev–Trinajstić information content (AvgIpc) is 2.36. The molecule has 2 rings (SSSR count). The number of amides is 2. The minimum absolute atomic E-state index is 0.0175. The first-order chi connectivity index (χ1) is 10.3. The van der Waals surface area contributed by atoms with Crippen molar-refractivity contribution < 1.29 is 19.4 Å². The highest BCUT2D eigenvalue weighted by Gasteiger charge is 2.35. The molecule has 7 heteroatoms. The van der Waals surface area contributed by atoms with E-state index < -0.39 is 6.09 Å². The second kappa shape index (κ2) is 6.44. The third-order valence-electron chi connectivity index (χ3n) is 3.68. The Kier molecular flexibility index (Phi) is 4.81. The van der Waals surface area contributed by atoms with Crippen LogP contribution in [0.5, 0.6) is 5.75 Å². The standard InChI is InChI=1S/C15H19ClN2O4/c1-4-22-14-12(17-9(3)19)5-11(16)8(2)13(14)10-6-18(7-10)15(20)21/h5,10H,4,6-7H2,1-3H3,(H,17,19)(H,20,21). The molecular formula is C15H19ClN2O4. The fraction of sp³-hybridized carbons (Fsp3) is 0.467. The van der Waals surface area contributed by atoms with Gasteiger partial charge in [-0.1, -0.05) is 11.6 Å². The maximum Gasteiger partial charge on any atom is 0.407 e. The monoisotopic (exact) mass is 326 g/mol. The third kappa shape index (κ3) is 3.11. The van der Waals surface area contributed by atoms with Crippen LogP contribution < -0.4 is 10.1 Å². The van der Waals surface area contributed by atoms with Crippen molar-refractivity contribution in [3.8, 4) is 5.75 Å². The van der Waals surface area contributed by atoms with Gasteiger partial charge in [0, 0.05) is 36.5 Å². The van der Waals surface area contributed by atoms with E-state index in [9.17, 15) is 9.59 Å². The molecule has 22 heavy (non-hydrogen) atoms. The van der Waals surface area contributed by atoms with Gasteiger partial charge in [0.25, 0.3) is 0 Å². The van der Waals surface area contributed by atoms with Crippen molar-refractivity contribution in [3.05, 3.63) is 22.2 Å². The largest absolute Gasteiger partial charge is 0.491 e. The Bertz CT molecular complexity index is 612. The maximum absolute atomic E-state index is 11.4. The number of carbonyl (C=O) groups excluding carboxylic acids is 1. The normalized spacial score (nSPS) is 14.5. The van der Waals surface area contributed by atoms with Crippen LogP contribution in [0.1, 0.15) is 30.9 Å². The number of ether oxygens (including phenoxy) is 1. The van der Waals surface area contributed by atoms with Gasteiger partial charge in [0.15, 0.2) is 0 Å². The molecule has 1 fully saturated rings. The highest BCUT2D eigenvalue weighted by atomic mass is 35.5. The van der Waals surface area contributed by atoms with Gasteiger partial charge in [0.2, 0.25) is 5.91 Å². The van der Waals surface area contributed by atoms with E-state index in [1.807, 2.05) is 13.8 Å². The van der Waals surface area contributed by atoms with Crippen LogP contribution in [0.15, 0.2) is 6.07 Å². The van der Waals surface area contributed by atoms with Gasteiger partial charge in [0.05, 0.1) is 12.3 Å². The molecule has 1 aromatic rings. The Balaban J connectivity index is 2.43. The molecule has 0 aliphatic carbocycles. The summed E-state index contributed by atoms with van der Waals surface area (Å²) in [4.78, 5) is 23.7. The van der Waals surface area contributed by atoms with Crippen LogP contribution >= 0.6 is 11.6 Å². The number of halogens is 1. The highest BCUT2D eigenvalue weighted by molar-refractivity contribution is 6.32. The summed E-state index contributed by atoms with van der Waals surface area (Å²) in [5.41, 5.74) is 2.25. The predicted octanol–water partition coefficient (Wildman–Crippen LogP) is 3.08. The van der Waals surface area contributed by atoms with Crippen LogP contribution in [0.2, 0.25) is 5.02 Å². The van der Waals surface area contributed by atoms with E-state index >= 15 is 0 Å². The third-order valence-corrected chi connectivity index (χ3v) is 4.07. The summed E-state index contributed by atoms with van der Waals surface area (Å²) < 4.78 is 5.72. The number of rotatable bonds is 4. The molecule has 0 saturated carbocycles. The van der Waals surface area contributed by atoms with Crippen molar-refractivity contribution in [2.75, 3.05) is 25.0 Å². The molecule has 0 atom stereocenters. The quantitative estimate of drug-likeness (QED) is 0.891. The van der Waals surface area contributed by atoms with Gasteiger partial charge in [0.1, 0.15) is 5.75 Å². The summed E-state index contributed by atoms with van der Waals surface area (Å²) >= 11 is 6.26. The van der Waals surface area contributed by atoms with Crippen molar-refractivity contribution >= 4 is 29.3 Å². The molecule has 1 heterocycles. The highest BCUT2D eigenvalue weighted by Crippen LogP contribution is 2.43. The fourth-order valence-corrected chi connectivity index (χ4v) is 2.85. The van der Waals surface area contributed by atoms with Crippen LogP contribution in [0.25, 0.3) is 0 Å². The molecule has 2 amide bonds. The van der Waals surface area contributed by atoms with Gasteiger partial charge in [-0.25, -0.2) is 4.79 Å². The lowest BCUT2D eigenvalue weighted by atomic mass is 9.87. The Labute approximate surface area is 134 Å². The Hall–Kier alpha value is -1.95. The Morgan fingerprint density at radius 2 is 2.14 bits per heavy atom. The predicted molar refractivity (Wildman–Crippen MR) is 84.0 cm³/mol. The molecule has 120 valence electrons. The molecule has 1 aliphatic rings. The summed E-state index contributed by atoms with van der Waals surface area (Å²) in [6.07, 6.45) is -0.934. The van der Waals surface area contributed by atoms with Crippen molar-refractivity contribution in [2.45, 2.75) is 26.7 Å². The summed E-state index contributed by atoms with van der Waals surface area (Å²) in [6, 6.07) is 1.67. The van der Waals surface area contributed by atoms with Gasteiger partial charge in [-0.05, 0) is 25.5 Å². The van der Waals surface area contributed by atoms with E-state index in [1.165, 1.54) is 11.8 Å². The number of nitrogens with zero attached hydrogens (tertiary/aromatic N) is 1. The molecular weight excluding hydrogens is 308 g/mol. The van der Waals surface area contributed by atoms with Crippen molar-refractivity contribution in [1.29, 1.82) is 0 Å². The van der Waals surface area contributed by atoms with Crippen molar-refractivity contribution in [2.24, 2.45) is 0 Å². The Morgan fingerprint density at radius 3 is 2.64 bits per heavy atom. The van der Waals surface area contributed by atoms with Crippen molar-refractivity contribution in [1.82, 2.24) is 4.90 Å². The lowest BCUT2D eigenvalue weighted by Crippen LogP contribution is -2.48. The van der Waals surface area contributed by atoms with E-state index in [-0.39, 0.29) is 11.8 Å². The van der Waals surface area contributed by atoms with Crippen molar-refractivity contribution in [3.63, 3.8) is 0 Å². The van der Waals surface area contributed by atoms with E-state index in [4.69, 9.17) is 21.4 Å². The first-order valence-corrected chi connectivity index (χ1v) is 7.44. The molecule has 0 radical (unpaired) electrons. The number of anilines is 1. The summed E-state index contributed by atoms with van der Waals surface area (Å²) in [7, 11) is 0. The topological polar surface area (TPSA) is 78.9 Å². The molecule has 1 saturated heterocycles. The van der Waals surface area contributed by atoms with E-state index in [0.29, 0.717) is 36.2 Å². The lowest BCUT2D eigenvalue weighted by Gasteiger charge is -2.39. The number of hydrogen-bond donors (Lipinski definition) is 2. The molecule has 0 spiro atoms. The number of hydrogen-bond acceptors (Lipinski definition) is 3. The second-order valence-corrected chi connectivity index (χ2v) is 5.68. The zero-order valence-corrected chi connectivity index (χ0v) is 13.5. The van der Waals surface area contributed by atoms with Crippen LogP contribution in [0.4, 0.5) is 10.5 Å². The van der Waals surface area contributed by atoms with E-state index in [0.717, 1.165) is 11.1 Å². The second-order valence-electron chi connectivity index (χ2n) is 5.27. The fourth-order valence-electron chi connectivity index (χ4n) is 2.64. The van der Waals surface area contributed by atoms with Crippen LogP contribution in [0.3, 0.4) is 0 Å². The summed E-state index contributed by atoms with van der Waals surface area (Å²) in [5.74, 6) is 0.381. The van der Waals surface area contributed by atoms with Crippen LogP contribution in [0, 0.1) is 6.92 Å². The minimum Gasteiger partial charge on any atom is -0.491 e. The molecule has 0 aromatic heterocycles. The average molecular weight is 327 g/mol. The minimum atomic E-state index is -0.934.